The molecule has 0 saturated heterocycles. The summed E-state index contributed by atoms with van der Waals surface area (Å²) in [4.78, 5) is 8.67. The number of fused-ring (bicyclic) bond motifs is 1. The van der Waals surface area contributed by atoms with Gasteiger partial charge in [0.15, 0.2) is 5.82 Å². The van der Waals surface area contributed by atoms with Crippen LogP contribution in [0.3, 0.4) is 0 Å². The predicted octanol–water partition coefficient (Wildman–Crippen LogP) is 6.28. The Morgan fingerprint density at radius 2 is 1.84 bits per heavy atom. The Morgan fingerprint density at radius 1 is 1.06 bits per heavy atom. The molecule has 170 valence electrons. The summed E-state index contributed by atoms with van der Waals surface area (Å²) >= 11 is 1.37. The highest BCUT2D eigenvalue weighted by Gasteiger charge is 2.30. The van der Waals surface area contributed by atoms with E-state index in [-0.39, 0.29) is 6.42 Å². The number of nitrogens with one attached hydrogen (secondary N) is 1. The summed E-state index contributed by atoms with van der Waals surface area (Å²) in [7, 11) is 0. The largest absolute Gasteiger partial charge is 0.493 e. The zero-order valence-corrected chi connectivity index (χ0v) is 17.6. The monoisotopic (exact) mass is 469 g/mol. The van der Waals surface area contributed by atoms with Crippen molar-refractivity contribution in [1.82, 2.24) is 9.97 Å². The van der Waals surface area contributed by atoms with E-state index in [4.69, 9.17) is 4.74 Å². The lowest BCUT2D eigenvalue weighted by molar-refractivity contribution is -0.137. The molecule has 0 bridgehead atoms. The minimum absolute atomic E-state index is 0.0317. The standard InChI is InChI=1S/C13H12FN3OS.C9H8F4/c14-10-7-15-13(16-8-10)17-19-11-4-3-9-2-1-5-18-12(9)6-11;10-5-4-7-2-1-3-8(6-7)9(11,12)13/h3-4,6-8H,1-2,5H2,(H,15,16,17);1-3,6H,4-5H2. The number of ether oxygens (including phenoxy) is 1. The van der Waals surface area contributed by atoms with Gasteiger partial charge in [-0.1, -0.05) is 24.3 Å². The smallest absolute Gasteiger partial charge is 0.416 e. The van der Waals surface area contributed by atoms with Crippen molar-refractivity contribution >= 4 is 17.9 Å². The molecule has 0 saturated carbocycles. The summed E-state index contributed by atoms with van der Waals surface area (Å²) in [5.74, 6) is 0.876. The van der Waals surface area contributed by atoms with Crippen LogP contribution in [0.5, 0.6) is 5.75 Å². The molecule has 0 fully saturated rings. The van der Waals surface area contributed by atoms with Gasteiger partial charge in [0.05, 0.1) is 31.2 Å². The van der Waals surface area contributed by atoms with Crippen molar-refractivity contribution < 1.29 is 26.7 Å². The zero-order valence-electron chi connectivity index (χ0n) is 16.8. The zero-order chi connectivity index (χ0) is 23.0. The first-order chi connectivity index (χ1) is 15.3. The Kier molecular flexibility index (Phi) is 8.26. The van der Waals surface area contributed by atoms with E-state index in [0.29, 0.717) is 11.5 Å². The second-order valence-corrected chi connectivity index (χ2v) is 7.67. The molecule has 2 aromatic carbocycles. The number of aryl methyl sites for hydroxylation is 2. The molecule has 0 radical (unpaired) electrons. The van der Waals surface area contributed by atoms with Crippen LogP contribution >= 0.6 is 11.9 Å². The molecule has 0 spiro atoms. The highest BCUT2D eigenvalue weighted by molar-refractivity contribution is 8.00. The summed E-state index contributed by atoms with van der Waals surface area (Å²) in [5.41, 5.74) is 0.893. The number of alkyl halides is 4. The molecule has 10 heteroatoms. The van der Waals surface area contributed by atoms with Crippen LogP contribution in [0.2, 0.25) is 0 Å². The van der Waals surface area contributed by atoms with Crippen molar-refractivity contribution in [3.63, 3.8) is 0 Å². The lowest BCUT2D eigenvalue weighted by Crippen LogP contribution is -2.08. The second-order valence-electron chi connectivity index (χ2n) is 6.79. The molecular weight excluding hydrogens is 449 g/mol. The number of rotatable bonds is 5. The van der Waals surface area contributed by atoms with Gasteiger partial charge < -0.3 is 4.74 Å². The van der Waals surface area contributed by atoms with Gasteiger partial charge in [-0.25, -0.2) is 14.4 Å². The Morgan fingerprint density at radius 3 is 2.56 bits per heavy atom. The number of benzene rings is 2. The first-order valence-electron chi connectivity index (χ1n) is 9.73. The van der Waals surface area contributed by atoms with Crippen molar-refractivity contribution in [2.75, 3.05) is 18.0 Å². The summed E-state index contributed by atoms with van der Waals surface area (Å²) in [6, 6.07) is 10.8. The Bertz CT molecular complexity index is 1020. The topological polar surface area (TPSA) is 47.0 Å². The van der Waals surface area contributed by atoms with Gasteiger partial charge in [-0.2, -0.15) is 13.2 Å². The highest BCUT2D eigenvalue weighted by Crippen LogP contribution is 2.30. The third-order valence-electron chi connectivity index (χ3n) is 4.40. The normalized spacial score (nSPS) is 12.8. The lowest BCUT2D eigenvalue weighted by Gasteiger charge is -2.17. The van der Waals surface area contributed by atoms with Gasteiger partial charge in [0, 0.05) is 11.3 Å². The molecule has 1 aliphatic rings. The van der Waals surface area contributed by atoms with E-state index in [2.05, 4.69) is 20.8 Å². The summed E-state index contributed by atoms with van der Waals surface area (Å²) < 4.78 is 69.4. The van der Waals surface area contributed by atoms with Crippen molar-refractivity contribution in [3.05, 3.63) is 77.4 Å². The molecule has 0 unspecified atom stereocenters. The molecule has 1 N–H and O–H groups in total. The fraction of sp³-hybridized carbons (Fsp3) is 0.273. The van der Waals surface area contributed by atoms with Gasteiger partial charge in [0.2, 0.25) is 5.95 Å². The van der Waals surface area contributed by atoms with Crippen LogP contribution in [0, 0.1) is 5.82 Å². The van der Waals surface area contributed by atoms with Crippen LogP contribution in [0.25, 0.3) is 0 Å². The van der Waals surface area contributed by atoms with Crippen LogP contribution < -0.4 is 9.46 Å². The maximum absolute atomic E-state index is 12.7. The molecule has 1 aliphatic heterocycles. The van der Waals surface area contributed by atoms with Gasteiger partial charge in [0.1, 0.15) is 5.75 Å². The van der Waals surface area contributed by atoms with Gasteiger partial charge in [-0.05, 0) is 54.1 Å². The Labute approximate surface area is 186 Å². The van der Waals surface area contributed by atoms with Gasteiger partial charge in [-0.3, -0.25) is 9.11 Å². The van der Waals surface area contributed by atoms with Crippen LogP contribution in [-0.2, 0) is 19.0 Å². The van der Waals surface area contributed by atoms with Crippen molar-refractivity contribution in [1.29, 1.82) is 0 Å². The molecule has 0 amide bonds. The molecule has 0 atom stereocenters. The van der Waals surface area contributed by atoms with Crippen molar-refractivity contribution in [2.24, 2.45) is 0 Å². The SMILES string of the molecule is FCCc1cccc(C(F)(F)F)c1.Fc1cnc(NSc2ccc3c(c2)OCCC3)nc1. The lowest BCUT2D eigenvalue weighted by atomic mass is 10.1. The molecule has 0 aliphatic carbocycles. The fourth-order valence-corrected chi connectivity index (χ4v) is 3.48. The maximum atomic E-state index is 12.7. The van der Waals surface area contributed by atoms with Crippen molar-refractivity contribution in [3.8, 4) is 5.75 Å². The molecule has 1 aromatic heterocycles. The predicted molar refractivity (Wildman–Crippen MR) is 113 cm³/mol. The van der Waals surface area contributed by atoms with Crippen LogP contribution in [0.4, 0.5) is 27.9 Å². The van der Waals surface area contributed by atoms with E-state index in [1.807, 2.05) is 12.1 Å². The molecule has 2 heterocycles. The van der Waals surface area contributed by atoms with E-state index in [1.165, 1.54) is 29.6 Å². The van der Waals surface area contributed by atoms with Crippen molar-refractivity contribution in [2.45, 2.75) is 30.3 Å². The number of hydrogen-bond donors (Lipinski definition) is 1. The number of aromatic nitrogens is 2. The third-order valence-corrected chi connectivity index (χ3v) is 5.18. The van der Waals surface area contributed by atoms with Crippen LogP contribution in [0.15, 0.2) is 59.8 Å². The molecule has 4 nitrogen and oxygen atoms in total. The number of anilines is 1. The van der Waals surface area contributed by atoms with E-state index < -0.39 is 24.2 Å². The minimum atomic E-state index is -4.34. The van der Waals surface area contributed by atoms with Crippen LogP contribution in [-0.4, -0.2) is 23.2 Å². The average Bonchev–Trinajstić information content (AvgIpc) is 2.79. The molecular formula is C22H20F5N3OS. The third kappa shape index (κ3) is 7.08. The first kappa shape index (κ1) is 23.8. The molecule has 3 aromatic rings. The maximum Gasteiger partial charge on any atom is 0.416 e. The fourth-order valence-electron chi connectivity index (χ4n) is 2.87. The van der Waals surface area contributed by atoms with Gasteiger partial charge >= 0.3 is 6.18 Å². The van der Waals surface area contributed by atoms with Gasteiger partial charge in [-0.15, -0.1) is 0 Å². The second kappa shape index (κ2) is 11.1. The number of hydrogen-bond acceptors (Lipinski definition) is 5. The first-order valence-corrected chi connectivity index (χ1v) is 10.5. The summed E-state index contributed by atoms with van der Waals surface area (Å²) in [6.45, 7) is 0.136. The van der Waals surface area contributed by atoms with Crippen LogP contribution in [0.1, 0.15) is 23.1 Å². The summed E-state index contributed by atoms with van der Waals surface area (Å²) in [6.07, 6.45) is 0.0872. The number of nitrogens with zero attached hydrogens (tertiary/aromatic N) is 2. The molecule has 32 heavy (non-hydrogen) atoms. The van der Waals surface area contributed by atoms with E-state index >= 15 is 0 Å². The highest BCUT2D eigenvalue weighted by atomic mass is 32.2. The quantitative estimate of drug-likeness (QED) is 0.352. The van der Waals surface area contributed by atoms with E-state index in [0.717, 1.165) is 54.6 Å². The Hall–Kier alpha value is -2.88. The summed E-state index contributed by atoms with van der Waals surface area (Å²) in [5, 5.41) is 0. The molecule has 4 rings (SSSR count). The minimum Gasteiger partial charge on any atom is -0.493 e. The average molecular weight is 469 g/mol. The Balaban J connectivity index is 0.000000195. The van der Waals surface area contributed by atoms with E-state index in [9.17, 15) is 22.0 Å². The number of halogens is 5. The van der Waals surface area contributed by atoms with E-state index in [1.54, 1.807) is 0 Å². The van der Waals surface area contributed by atoms with Gasteiger partial charge in [0.25, 0.3) is 0 Å².